The molecule has 0 bridgehead atoms. The highest BCUT2D eigenvalue weighted by atomic mass is 16.1. The Morgan fingerprint density at radius 2 is 2.25 bits per heavy atom. The lowest BCUT2D eigenvalue weighted by Crippen LogP contribution is -2.44. The number of nitrogens with one attached hydrogen (secondary N) is 1. The maximum absolute atomic E-state index is 12.0. The smallest absolute Gasteiger partial charge is 0.268 e. The summed E-state index contributed by atoms with van der Waals surface area (Å²) in [5.74, 6) is 6.52. The zero-order valence-corrected chi connectivity index (χ0v) is 12.4. The first kappa shape index (κ1) is 14.6. The number of nitrogens with zero attached hydrogens (tertiary/aromatic N) is 2. The summed E-state index contributed by atoms with van der Waals surface area (Å²) in [6.07, 6.45) is 3.60. The largest absolute Gasteiger partial charge is 0.341 e. The fourth-order valence-corrected chi connectivity index (χ4v) is 2.09. The fraction of sp³-hybridized carbons (Fsp3) is 0.600. The van der Waals surface area contributed by atoms with Crippen LogP contribution < -0.4 is 16.2 Å². The summed E-state index contributed by atoms with van der Waals surface area (Å²) >= 11 is 0. The van der Waals surface area contributed by atoms with Gasteiger partial charge in [0.1, 0.15) is 5.56 Å². The molecule has 0 spiro atoms. The molecule has 108 valence electrons. The molecule has 0 aliphatic carbocycles. The molecule has 0 unspecified atom stereocenters. The number of nitrogens with two attached hydrogens (primary N) is 1. The average molecular weight is 274 g/mol. The number of hydrogen-bond donors (Lipinski definition) is 2. The number of aromatic nitrogens is 2. The van der Waals surface area contributed by atoms with Crippen LogP contribution in [0.3, 0.4) is 0 Å². The molecular formula is C15H22N4O. The first-order valence-electron chi connectivity index (χ1n) is 6.98. The number of rotatable bonds is 1. The molecular weight excluding hydrogens is 252 g/mol. The van der Waals surface area contributed by atoms with Crippen molar-refractivity contribution in [2.75, 3.05) is 18.0 Å². The molecule has 5 nitrogen and oxygen atoms in total. The van der Waals surface area contributed by atoms with Gasteiger partial charge in [0.15, 0.2) is 0 Å². The predicted molar refractivity (Wildman–Crippen MR) is 80.6 cm³/mol. The summed E-state index contributed by atoms with van der Waals surface area (Å²) in [7, 11) is 0. The van der Waals surface area contributed by atoms with E-state index in [1.807, 2.05) is 25.7 Å². The molecule has 1 aliphatic heterocycles. The van der Waals surface area contributed by atoms with Crippen molar-refractivity contribution in [1.82, 2.24) is 9.97 Å². The van der Waals surface area contributed by atoms with Gasteiger partial charge in [-0.25, -0.2) is 4.98 Å². The van der Waals surface area contributed by atoms with Crippen molar-refractivity contribution < 1.29 is 0 Å². The Morgan fingerprint density at radius 1 is 1.50 bits per heavy atom. The second-order valence-corrected chi connectivity index (χ2v) is 6.30. The van der Waals surface area contributed by atoms with Gasteiger partial charge in [-0.05, 0) is 33.6 Å². The normalized spacial score (nSPS) is 19.4. The van der Waals surface area contributed by atoms with Crippen molar-refractivity contribution in [2.24, 2.45) is 11.1 Å². The molecule has 20 heavy (non-hydrogen) atoms. The lowest BCUT2D eigenvalue weighted by atomic mass is 9.98. The summed E-state index contributed by atoms with van der Waals surface area (Å²) in [5.41, 5.74) is 6.03. The molecule has 0 amide bonds. The van der Waals surface area contributed by atoms with E-state index in [4.69, 9.17) is 5.73 Å². The Kier molecular flexibility index (Phi) is 4.15. The standard InChI is InChI=1S/C15H22N4O/c1-15(2,3)7-6-11-9-17-14(18-13(11)20)19-8-4-5-12(16)10-19/h9,12H,4-5,8,10,16H2,1-3H3,(H,17,18,20)/t12-/m1/s1. The number of piperidine rings is 1. The van der Waals surface area contributed by atoms with Crippen molar-refractivity contribution in [3.05, 3.63) is 22.1 Å². The van der Waals surface area contributed by atoms with Gasteiger partial charge >= 0.3 is 0 Å². The highest BCUT2D eigenvalue weighted by Crippen LogP contribution is 2.14. The van der Waals surface area contributed by atoms with E-state index < -0.39 is 0 Å². The number of aromatic amines is 1. The monoisotopic (exact) mass is 274 g/mol. The molecule has 0 saturated carbocycles. The third-order valence-corrected chi connectivity index (χ3v) is 3.12. The molecule has 5 heteroatoms. The van der Waals surface area contributed by atoms with Crippen LogP contribution in [0.4, 0.5) is 5.95 Å². The van der Waals surface area contributed by atoms with E-state index in [0.29, 0.717) is 11.5 Å². The molecule has 1 aromatic rings. The second kappa shape index (κ2) is 5.68. The fourth-order valence-electron chi connectivity index (χ4n) is 2.09. The highest BCUT2D eigenvalue weighted by Gasteiger charge is 2.18. The van der Waals surface area contributed by atoms with Gasteiger partial charge < -0.3 is 10.6 Å². The summed E-state index contributed by atoms with van der Waals surface area (Å²) in [4.78, 5) is 21.2. The first-order chi connectivity index (χ1) is 9.35. The summed E-state index contributed by atoms with van der Waals surface area (Å²) in [6, 6.07) is 0.148. The van der Waals surface area contributed by atoms with E-state index in [2.05, 4.69) is 21.8 Å². The molecule has 0 radical (unpaired) electrons. The third-order valence-electron chi connectivity index (χ3n) is 3.12. The maximum Gasteiger partial charge on any atom is 0.268 e. The Labute approximate surface area is 119 Å². The van der Waals surface area contributed by atoms with Crippen molar-refractivity contribution in [3.8, 4) is 11.8 Å². The van der Waals surface area contributed by atoms with Gasteiger partial charge in [0.2, 0.25) is 5.95 Å². The van der Waals surface area contributed by atoms with Crippen LogP contribution in [0.15, 0.2) is 11.0 Å². The van der Waals surface area contributed by atoms with E-state index in [0.717, 1.165) is 25.9 Å². The van der Waals surface area contributed by atoms with Gasteiger partial charge in [-0.15, -0.1) is 0 Å². The summed E-state index contributed by atoms with van der Waals surface area (Å²) in [5, 5.41) is 0. The van der Waals surface area contributed by atoms with Gasteiger partial charge in [0.05, 0.1) is 6.20 Å². The minimum absolute atomic E-state index is 0.134. The van der Waals surface area contributed by atoms with Crippen LogP contribution >= 0.6 is 0 Å². The van der Waals surface area contributed by atoms with Crippen molar-refractivity contribution in [3.63, 3.8) is 0 Å². The topological polar surface area (TPSA) is 75.0 Å². The van der Waals surface area contributed by atoms with Crippen LogP contribution in [-0.2, 0) is 0 Å². The van der Waals surface area contributed by atoms with Crippen molar-refractivity contribution in [2.45, 2.75) is 39.7 Å². The van der Waals surface area contributed by atoms with E-state index >= 15 is 0 Å². The minimum Gasteiger partial charge on any atom is -0.341 e. The Hall–Kier alpha value is -1.80. The van der Waals surface area contributed by atoms with Gasteiger partial charge in [-0.2, -0.15) is 0 Å². The molecule has 1 fully saturated rings. The van der Waals surface area contributed by atoms with Crippen LogP contribution in [0.2, 0.25) is 0 Å². The molecule has 1 atom stereocenters. The highest BCUT2D eigenvalue weighted by molar-refractivity contribution is 5.37. The van der Waals surface area contributed by atoms with Crippen molar-refractivity contribution in [1.29, 1.82) is 0 Å². The quantitative estimate of drug-likeness (QED) is 0.752. The summed E-state index contributed by atoms with van der Waals surface area (Å²) < 4.78 is 0. The first-order valence-corrected chi connectivity index (χ1v) is 6.98. The second-order valence-electron chi connectivity index (χ2n) is 6.30. The third kappa shape index (κ3) is 3.84. The van der Waals surface area contributed by atoms with E-state index in [1.54, 1.807) is 6.20 Å². The van der Waals surface area contributed by atoms with Crippen molar-refractivity contribution >= 4 is 5.95 Å². The molecule has 1 saturated heterocycles. The van der Waals surface area contributed by atoms with Crippen LogP contribution in [0.25, 0.3) is 0 Å². The molecule has 2 rings (SSSR count). The minimum atomic E-state index is -0.189. The van der Waals surface area contributed by atoms with Gasteiger partial charge in [-0.1, -0.05) is 11.8 Å². The van der Waals surface area contributed by atoms with E-state index in [-0.39, 0.29) is 17.0 Å². The van der Waals surface area contributed by atoms with Crippen LogP contribution in [0, 0.1) is 17.3 Å². The molecule has 1 aromatic heterocycles. The number of anilines is 1. The molecule has 2 heterocycles. The molecule has 3 N–H and O–H groups in total. The number of hydrogen-bond acceptors (Lipinski definition) is 4. The average Bonchev–Trinajstić information content (AvgIpc) is 2.36. The van der Waals surface area contributed by atoms with E-state index in [1.165, 1.54) is 0 Å². The molecule has 0 aromatic carbocycles. The SMILES string of the molecule is CC(C)(C)C#Cc1cnc(N2CCC[C@@H](N)C2)[nH]c1=O. The zero-order valence-electron chi connectivity index (χ0n) is 12.4. The number of H-pyrrole nitrogens is 1. The Morgan fingerprint density at radius 3 is 2.85 bits per heavy atom. The molecule has 1 aliphatic rings. The van der Waals surface area contributed by atoms with Crippen LogP contribution in [0.1, 0.15) is 39.2 Å². The predicted octanol–water partition coefficient (Wildman–Crippen LogP) is 1.09. The van der Waals surface area contributed by atoms with Crippen LogP contribution in [-0.4, -0.2) is 29.1 Å². The van der Waals surface area contributed by atoms with Gasteiger partial charge in [-0.3, -0.25) is 9.78 Å². The Bertz CT molecular complexity index is 588. The van der Waals surface area contributed by atoms with Gasteiger partial charge in [0.25, 0.3) is 5.56 Å². The Balaban J connectivity index is 2.21. The van der Waals surface area contributed by atoms with Crippen LogP contribution in [0.5, 0.6) is 0 Å². The zero-order chi connectivity index (χ0) is 14.8. The lowest BCUT2D eigenvalue weighted by molar-refractivity contribution is 0.499. The maximum atomic E-state index is 12.0. The van der Waals surface area contributed by atoms with E-state index in [9.17, 15) is 4.79 Å². The van der Waals surface area contributed by atoms with Gasteiger partial charge in [0, 0.05) is 24.5 Å². The summed E-state index contributed by atoms with van der Waals surface area (Å²) in [6.45, 7) is 7.63. The lowest BCUT2D eigenvalue weighted by Gasteiger charge is -2.30.